The number of hydrogen-bond donors (Lipinski definition) is 1. The Kier molecular flexibility index (Phi) is 5.08. The summed E-state index contributed by atoms with van der Waals surface area (Å²) in [7, 11) is 1.34. The zero-order chi connectivity index (χ0) is 11.8. The molecule has 4 nitrogen and oxygen atoms in total. The Hall–Kier alpha value is -1.81. The maximum atomic E-state index is 10.8. The second-order valence-electron chi connectivity index (χ2n) is 3.06. The van der Waals surface area contributed by atoms with Crippen molar-refractivity contribution in [2.75, 3.05) is 20.3 Å². The Balaban J connectivity index is 2.57. The minimum absolute atomic E-state index is 0.372. The van der Waals surface area contributed by atoms with Crippen molar-refractivity contribution in [2.45, 2.75) is 0 Å². The van der Waals surface area contributed by atoms with Gasteiger partial charge in [0.2, 0.25) is 0 Å². The molecule has 0 saturated carbocycles. The molecule has 1 rings (SSSR count). The van der Waals surface area contributed by atoms with Crippen LogP contribution in [-0.4, -0.2) is 26.2 Å². The maximum absolute atomic E-state index is 10.8. The van der Waals surface area contributed by atoms with E-state index >= 15 is 0 Å². The summed E-state index contributed by atoms with van der Waals surface area (Å²) in [6.07, 6.45) is 3.05. The summed E-state index contributed by atoms with van der Waals surface area (Å²) >= 11 is 0. The molecular formula is C12H15NO3. The highest BCUT2D eigenvalue weighted by molar-refractivity contribution is 5.86. The number of nitrogens with two attached hydrogens (primary N) is 1. The predicted molar refractivity (Wildman–Crippen MR) is 62.0 cm³/mol. The van der Waals surface area contributed by atoms with E-state index in [1.54, 1.807) is 6.08 Å². The van der Waals surface area contributed by atoms with Crippen LogP contribution in [0.2, 0.25) is 0 Å². The molecule has 16 heavy (non-hydrogen) atoms. The molecule has 86 valence electrons. The second kappa shape index (κ2) is 6.63. The number of methoxy groups -OCH3 is 1. The molecular weight excluding hydrogens is 206 g/mol. The van der Waals surface area contributed by atoms with Crippen LogP contribution in [0.5, 0.6) is 5.75 Å². The van der Waals surface area contributed by atoms with Gasteiger partial charge in [-0.15, -0.1) is 0 Å². The van der Waals surface area contributed by atoms with E-state index in [0.29, 0.717) is 13.2 Å². The summed E-state index contributed by atoms with van der Waals surface area (Å²) in [6, 6.07) is 7.36. The smallest absolute Gasteiger partial charge is 0.330 e. The van der Waals surface area contributed by atoms with E-state index in [0.717, 1.165) is 11.3 Å². The molecule has 0 radical (unpaired) electrons. The van der Waals surface area contributed by atoms with Crippen LogP contribution in [0.1, 0.15) is 5.56 Å². The standard InChI is InChI=1S/C12H15NO3/c1-15-12(14)7-4-10-2-5-11(6-3-10)16-9-8-13/h2-7H,8-9,13H2,1H3. The third-order valence-corrected chi connectivity index (χ3v) is 1.88. The number of ether oxygens (including phenoxy) is 2. The molecule has 0 aliphatic carbocycles. The van der Waals surface area contributed by atoms with Gasteiger partial charge in [0, 0.05) is 12.6 Å². The first kappa shape index (κ1) is 12.3. The highest BCUT2D eigenvalue weighted by Crippen LogP contribution is 2.12. The molecule has 0 saturated heterocycles. The fourth-order valence-corrected chi connectivity index (χ4v) is 1.08. The summed E-state index contributed by atoms with van der Waals surface area (Å²) < 4.78 is 9.80. The van der Waals surface area contributed by atoms with Crippen LogP contribution in [0.15, 0.2) is 30.3 Å². The lowest BCUT2D eigenvalue weighted by Crippen LogP contribution is -2.10. The van der Waals surface area contributed by atoms with Gasteiger partial charge in [0.1, 0.15) is 12.4 Å². The average Bonchev–Trinajstić information content (AvgIpc) is 2.34. The van der Waals surface area contributed by atoms with Crippen molar-refractivity contribution >= 4 is 12.0 Å². The number of rotatable bonds is 5. The Morgan fingerprint density at radius 3 is 2.62 bits per heavy atom. The number of carbonyl (C=O) groups excluding carboxylic acids is 1. The highest BCUT2D eigenvalue weighted by Gasteiger charge is 1.94. The van der Waals surface area contributed by atoms with Gasteiger partial charge in [-0.2, -0.15) is 0 Å². The van der Waals surface area contributed by atoms with Crippen LogP contribution >= 0.6 is 0 Å². The van der Waals surface area contributed by atoms with Crippen LogP contribution in [-0.2, 0) is 9.53 Å². The van der Waals surface area contributed by atoms with Gasteiger partial charge >= 0.3 is 5.97 Å². The van der Waals surface area contributed by atoms with E-state index in [1.807, 2.05) is 24.3 Å². The van der Waals surface area contributed by atoms with E-state index in [4.69, 9.17) is 10.5 Å². The number of hydrogen-bond acceptors (Lipinski definition) is 4. The van der Waals surface area contributed by atoms with Gasteiger partial charge in [-0.05, 0) is 23.8 Å². The molecule has 2 N–H and O–H groups in total. The van der Waals surface area contributed by atoms with E-state index in [2.05, 4.69) is 4.74 Å². The molecule has 0 aliphatic rings. The molecule has 0 aliphatic heterocycles. The second-order valence-corrected chi connectivity index (χ2v) is 3.06. The minimum Gasteiger partial charge on any atom is -0.492 e. The van der Waals surface area contributed by atoms with Gasteiger partial charge in [0.05, 0.1) is 7.11 Å². The van der Waals surface area contributed by atoms with Crippen molar-refractivity contribution in [3.8, 4) is 5.75 Å². The summed E-state index contributed by atoms with van der Waals surface area (Å²) in [5.74, 6) is 0.393. The topological polar surface area (TPSA) is 61.5 Å². The van der Waals surface area contributed by atoms with Gasteiger partial charge < -0.3 is 15.2 Å². The highest BCUT2D eigenvalue weighted by atomic mass is 16.5. The maximum Gasteiger partial charge on any atom is 0.330 e. The predicted octanol–water partition coefficient (Wildman–Crippen LogP) is 1.21. The summed E-state index contributed by atoms with van der Waals surface area (Å²) in [6.45, 7) is 0.987. The van der Waals surface area contributed by atoms with Crippen LogP contribution in [0.3, 0.4) is 0 Å². The van der Waals surface area contributed by atoms with E-state index in [1.165, 1.54) is 13.2 Å². The van der Waals surface area contributed by atoms with Crippen molar-refractivity contribution in [2.24, 2.45) is 5.73 Å². The van der Waals surface area contributed by atoms with Crippen LogP contribution in [0, 0.1) is 0 Å². The normalized spacial score (nSPS) is 10.4. The van der Waals surface area contributed by atoms with Crippen molar-refractivity contribution in [1.29, 1.82) is 0 Å². The third kappa shape index (κ3) is 4.14. The quantitative estimate of drug-likeness (QED) is 0.599. The molecule has 0 heterocycles. The van der Waals surface area contributed by atoms with Crippen LogP contribution in [0.25, 0.3) is 6.08 Å². The van der Waals surface area contributed by atoms with Gasteiger partial charge in [0.15, 0.2) is 0 Å². The van der Waals surface area contributed by atoms with E-state index in [9.17, 15) is 4.79 Å². The van der Waals surface area contributed by atoms with Gasteiger partial charge in [-0.1, -0.05) is 12.1 Å². The summed E-state index contributed by atoms with van der Waals surface area (Å²) in [4.78, 5) is 10.8. The third-order valence-electron chi connectivity index (χ3n) is 1.88. The van der Waals surface area contributed by atoms with Crippen molar-refractivity contribution < 1.29 is 14.3 Å². The fraction of sp³-hybridized carbons (Fsp3) is 0.250. The molecule has 1 aromatic carbocycles. The fourth-order valence-electron chi connectivity index (χ4n) is 1.08. The Morgan fingerprint density at radius 2 is 2.06 bits per heavy atom. The molecule has 0 amide bonds. The Bertz CT molecular complexity index is 357. The monoisotopic (exact) mass is 221 g/mol. The molecule has 4 heteroatoms. The number of carbonyl (C=O) groups is 1. The lowest BCUT2D eigenvalue weighted by Gasteiger charge is -2.03. The summed E-state index contributed by atoms with van der Waals surface area (Å²) in [5, 5.41) is 0. The molecule has 0 atom stereocenters. The first-order valence-corrected chi connectivity index (χ1v) is 4.95. The molecule has 0 spiro atoms. The Labute approximate surface area is 94.7 Å². The van der Waals surface area contributed by atoms with E-state index in [-0.39, 0.29) is 5.97 Å². The van der Waals surface area contributed by atoms with Crippen LogP contribution < -0.4 is 10.5 Å². The summed E-state index contributed by atoms with van der Waals surface area (Å²) in [5.41, 5.74) is 6.22. The molecule has 0 fully saturated rings. The minimum atomic E-state index is -0.372. The first-order valence-electron chi connectivity index (χ1n) is 4.95. The van der Waals surface area contributed by atoms with Gasteiger partial charge in [-0.25, -0.2) is 4.79 Å². The Morgan fingerprint density at radius 1 is 1.38 bits per heavy atom. The average molecular weight is 221 g/mol. The lowest BCUT2D eigenvalue weighted by atomic mass is 10.2. The number of benzene rings is 1. The molecule has 0 aromatic heterocycles. The molecule has 1 aromatic rings. The molecule has 0 unspecified atom stereocenters. The number of esters is 1. The van der Waals surface area contributed by atoms with Crippen molar-refractivity contribution in [3.63, 3.8) is 0 Å². The first-order chi connectivity index (χ1) is 7.76. The molecule has 0 bridgehead atoms. The van der Waals surface area contributed by atoms with Crippen molar-refractivity contribution in [3.05, 3.63) is 35.9 Å². The van der Waals surface area contributed by atoms with Crippen LogP contribution in [0.4, 0.5) is 0 Å². The SMILES string of the molecule is COC(=O)C=Cc1ccc(OCCN)cc1. The van der Waals surface area contributed by atoms with Crippen molar-refractivity contribution in [1.82, 2.24) is 0 Å². The zero-order valence-corrected chi connectivity index (χ0v) is 9.18. The van der Waals surface area contributed by atoms with Gasteiger partial charge in [-0.3, -0.25) is 0 Å². The lowest BCUT2D eigenvalue weighted by molar-refractivity contribution is -0.134. The van der Waals surface area contributed by atoms with Gasteiger partial charge in [0.25, 0.3) is 0 Å². The van der Waals surface area contributed by atoms with E-state index < -0.39 is 0 Å². The largest absolute Gasteiger partial charge is 0.492 e. The zero-order valence-electron chi connectivity index (χ0n) is 9.18.